The van der Waals surface area contributed by atoms with E-state index in [1.54, 1.807) is 7.17 Å². The highest BCUT2D eigenvalue weighted by molar-refractivity contribution is 7.07. The quantitative estimate of drug-likeness (QED) is 0.312. The van der Waals surface area contributed by atoms with Crippen molar-refractivity contribution < 1.29 is 0 Å². The fraction of sp³-hybridized carbons (Fsp3) is 1.00. The molecular formula is C2H5B4. The van der Waals surface area contributed by atoms with Crippen LogP contribution >= 0.6 is 0 Å². The molecule has 0 aliphatic rings. The lowest BCUT2D eigenvalue weighted by Crippen LogP contribution is -2.02. The van der Waals surface area contributed by atoms with E-state index in [0.29, 0.717) is 0 Å². The van der Waals surface area contributed by atoms with Crippen molar-refractivity contribution in [3.8, 4) is 0 Å². The summed E-state index contributed by atoms with van der Waals surface area (Å²) in [5.74, 6) is 0. The Morgan fingerprint density at radius 3 is 2.50 bits per heavy atom. The molecule has 0 aromatic rings. The van der Waals surface area contributed by atoms with E-state index in [-0.39, 0.29) is 0 Å². The Bertz CT molecular complexity index is 17.5. The zero-order valence-corrected chi connectivity index (χ0v) is 4.02. The second-order valence-electron chi connectivity index (χ2n) is 1.04. The molecule has 0 saturated carbocycles. The third-order valence-electron chi connectivity index (χ3n) is 0.508. The zero-order valence-electron chi connectivity index (χ0n) is 4.02. The van der Waals surface area contributed by atoms with E-state index < -0.39 is 0 Å². The first-order chi connectivity index (χ1) is 2.91. The van der Waals surface area contributed by atoms with Crippen molar-refractivity contribution in [3.05, 3.63) is 0 Å². The number of hydrogen-bond donors (Lipinski definition) is 0. The molecule has 0 spiro atoms. The first-order valence-electron chi connectivity index (χ1n) is 2.06. The summed E-state index contributed by atoms with van der Waals surface area (Å²) in [5.41, 5.74) is 0. The van der Waals surface area contributed by atoms with Gasteiger partial charge in [0.1, 0.15) is 0 Å². The predicted molar refractivity (Wildman–Crippen MR) is 33.7 cm³/mol. The van der Waals surface area contributed by atoms with Gasteiger partial charge in [-0.05, 0) is 0 Å². The van der Waals surface area contributed by atoms with Crippen LogP contribution in [0.5, 0.6) is 0 Å². The maximum atomic E-state index is 5.04. The molecule has 0 bridgehead atoms. The van der Waals surface area contributed by atoms with Crippen molar-refractivity contribution in [1.29, 1.82) is 0 Å². The summed E-state index contributed by atoms with van der Waals surface area (Å²) in [5, 5.41) is 0. The van der Waals surface area contributed by atoms with Crippen LogP contribution in [0, 0.1) is 0 Å². The third-order valence-corrected chi connectivity index (χ3v) is 0.508. The first kappa shape index (κ1) is 6.26. The van der Waals surface area contributed by atoms with Gasteiger partial charge in [-0.3, -0.25) is 0 Å². The van der Waals surface area contributed by atoms with Crippen molar-refractivity contribution >= 4 is 29.2 Å². The molecule has 0 saturated heterocycles. The van der Waals surface area contributed by atoms with Gasteiger partial charge in [0.25, 0.3) is 0 Å². The van der Waals surface area contributed by atoms with Crippen molar-refractivity contribution in [1.82, 2.24) is 0 Å². The van der Waals surface area contributed by atoms with E-state index >= 15 is 0 Å². The first-order valence-corrected chi connectivity index (χ1v) is 2.06. The van der Waals surface area contributed by atoms with Gasteiger partial charge in [-0.2, -0.15) is 0 Å². The van der Waals surface area contributed by atoms with E-state index in [0.717, 1.165) is 6.22 Å². The minimum Gasteiger partial charge on any atom is -0.122 e. The van der Waals surface area contributed by atoms with Gasteiger partial charge in [0.15, 0.2) is 0 Å². The molecule has 0 fully saturated rings. The SMILES string of the molecule is [B][B]C[B][B]C. The molecular weight excluding hydrogens is 67.3 g/mol. The maximum Gasteiger partial charge on any atom is 0.0600 e. The van der Waals surface area contributed by atoms with Gasteiger partial charge in [-0.1, -0.05) is 6.82 Å². The van der Waals surface area contributed by atoms with Crippen LogP contribution in [0.4, 0.5) is 0 Å². The summed E-state index contributed by atoms with van der Waals surface area (Å²) in [6.45, 7) is 1.98. The van der Waals surface area contributed by atoms with E-state index in [4.69, 9.17) is 7.74 Å². The summed E-state index contributed by atoms with van der Waals surface area (Å²) in [6.07, 6.45) is 0.885. The minimum atomic E-state index is 0.885. The summed E-state index contributed by atoms with van der Waals surface area (Å²) < 4.78 is 0. The Labute approximate surface area is 43.2 Å². The molecule has 0 aromatic heterocycles. The van der Waals surface area contributed by atoms with Crippen LogP contribution in [0.15, 0.2) is 0 Å². The predicted octanol–water partition coefficient (Wildman–Crippen LogP) is -0.479. The fourth-order valence-corrected chi connectivity index (χ4v) is 0.215. The lowest BCUT2D eigenvalue weighted by molar-refractivity contribution is 2.08. The van der Waals surface area contributed by atoms with E-state index in [1.165, 1.54) is 0 Å². The molecule has 0 nitrogen and oxygen atoms in total. The molecule has 0 heterocycles. The Kier molecular flexibility index (Phi) is 5.49. The van der Waals surface area contributed by atoms with Crippen LogP contribution in [-0.4, -0.2) is 29.2 Å². The summed E-state index contributed by atoms with van der Waals surface area (Å²) >= 11 is 0. The second kappa shape index (κ2) is 5.26. The van der Waals surface area contributed by atoms with Crippen LogP contribution in [0.3, 0.4) is 0 Å². The molecule has 0 aliphatic heterocycles. The van der Waals surface area contributed by atoms with E-state index in [2.05, 4.69) is 0 Å². The fourth-order valence-electron chi connectivity index (χ4n) is 0.215. The Balaban J connectivity index is 2.34. The van der Waals surface area contributed by atoms with Gasteiger partial charge in [0, 0.05) is 14.9 Å². The Morgan fingerprint density at radius 2 is 2.33 bits per heavy atom. The molecule has 0 unspecified atom stereocenters. The van der Waals surface area contributed by atoms with Crippen LogP contribution in [0.1, 0.15) is 0 Å². The summed E-state index contributed by atoms with van der Waals surface area (Å²) in [4.78, 5) is 0. The summed E-state index contributed by atoms with van der Waals surface area (Å²) in [7, 11) is 10.6. The van der Waals surface area contributed by atoms with Crippen molar-refractivity contribution in [2.24, 2.45) is 0 Å². The molecule has 6 heavy (non-hydrogen) atoms. The highest BCUT2D eigenvalue weighted by Gasteiger charge is 1.80. The monoisotopic (exact) mass is 73.1 g/mol. The van der Waals surface area contributed by atoms with E-state index in [9.17, 15) is 0 Å². The molecule has 0 aliphatic carbocycles. The van der Waals surface area contributed by atoms with Crippen LogP contribution in [0.2, 0.25) is 13.0 Å². The molecule has 5 radical (unpaired) electrons. The van der Waals surface area contributed by atoms with Crippen LogP contribution in [-0.2, 0) is 0 Å². The van der Waals surface area contributed by atoms with Crippen molar-refractivity contribution in [2.45, 2.75) is 13.0 Å². The minimum absolute atomic E-state index is 0.885. The Morgan fingerprint density at radius 1 is 1.67 bits per heavy atom. The normalized spacial score (nSPS) is 6.83. The third kappa shape index (κ3) is 4.26. The van der Waals surface area contributed by atoms with Gasteiger partial charge >= 0.3 is 0 Å². The van der Waals surface area contributed by atoms with Gasteiger partial charge < -0.3 is 0 Å². The van der Waals surface area contributed by atoms with Gasteiger partial charge in [-0.25, -0.2) is 0 Å². The van der Waals surface area contributed by atoms with Gasteiger partial charge in [0.05, 0.1) is 14.3 Å². The van der Waals surface area contributed by atoms with Crippen LogP contribution in [0.25, 0.3) is 0 Å². The van der Waals surface area contributed by atoms with Crippen molar-refractivity contribution in [3.63, 3.8) is 0 Å². The van der Waals surface area contributed by atoms with Gasteiger partial charge in [-0.15, -0.1) is 6.22 Å². The molecule has 4 heteroatoms. The second-order valence-corrected chi connectivity index (χ2v) is 1.04. The van der Waals surface area contributed by atoms with Crippen LogP contribution < -0.4 is 0 Å². The molecule has 0 amide bonds. The van der Waals surface area contributed by atoms with E-state index in [1.807, 2.05) is 21.2 Å². The number of rotatable bonds is 3. The maximum absolute atomic E-state index is 5.04. The van der Waals surface area contributed by atoms with Crippen molar-refractivity contribution in [2.75, 3.05) is 0 Å². The average molecular weight is 72.3 g/mol. The highest BCUT2D eigenvalue weighted by Crippen LogP contribution is 1.65. The zero-order chi connectivity index (χ0) is 4.83. The topological polar surface area (TPSA) is 0 Å². The Hall–Kier alpha value is 0.260. The van der Waals surface area contributed by atoms with Gasteiger partial charge in [0.2, 0.25) is 0 Å². The standard InChI is InChI=1S/C2H5B4/c1-4-6-2-5-3/h2H2,1H3. The lowest BCUT2D eigenvalue weighted by Gasteiger charge is -1.81. The highest BCUT2D eigenvalue weighted by atomic mass is 13.1. The molecule has 25 valence electrons. The number of hydrogen-bond acceptors (Lipinski definition) is 0. The lowest BCUT2D eigenvalue weighted by atomic mass is 9.30. The largest absolute Gasteiger partial charge is 0.122 e. The molecule has 0 rings (SSSR count). The molecule has 0 N–H and O–H groups in total. The smallest absolute Gasteiger partial charge is 0.0600 e. The summed E-state index contributed by atoms with van der Waals surface area (Å²) in [6, 6.07) is 0. The average Bonchev–Trinajstić information content (AvgIpc) is 1.61. The molecule has 0 aromatic carbocycles. The molecule has 0 atom stereocenters.